The zero-order valence-corrected chi connectivity index (χ0v) is 11.2. The lowest BCUT2D eigenvalue weighted by atomic mass is 10.1. The molecular formula is C14H21N3O. The van der Waals surface area contributed by atoms with Gasteiger partial charge in [0.05, 0.1) is 17.9 Å². The van der Waals surface area contributed by atoms with Crippen molar-refractivity contribution in [2.45, 2.75) is 33.2 Å². The largest absolute Gasteiger partial charge is 0.380 e. The molecule has 0 bridgehead atoms. The number of hydrogen-bond donors (Lipinski definition) is 1. The van der Waals surface area contributed by atoms with Gasteiger partial charge in [0, 0.05) is 25.9 Å². The van der Waals surface area contributed by atoms with Gasteiger partial charge in [0.2, 0.25) is 0 Å². The summed E-state index contributed by atoms with van der Waals surface area (Å²) in [5, 5.41) is 12.3. The van der Waals surface area contributed by atoms with Gasteiger partial charge in [0.15, 0.2) is 0 Å². The monoisotopic (exact) mass is 247 g/mol. The Kier molecular flexibility index (Phi) is 7.00. The summed E-state index contributed by atoms with van der Waals surface area (Å²) in [4.78, 5) is 4.30. The maximum atomic E-state index is 9.01. The first-order valence-corrected chi connectivity index (χ1v) is 6.48. The fourth-order valence-electron chi connectivity index (χ4n) is 1.64. The van der Waals surface area contributed by atoms with E-state index in [2.05, 4.69) is 23.3 Å². The summed E-state index contributed by atoms with van der Waals surface area (Å²) in [5.74, 6) is 0. The molecule has 0 unspecified atom stereocenters. The average molecular weight is 247 g/mol. The molecule has 1 aromatic heterocycles. The predicted octanol–water partition coefficient (Wildman–Crippen LogP) is 2.03. The number of nitriles is 1. The Hall–Kier alpha value is -1.44. The highest BCUT2D eigenvalue weighted by Gasteiger charge is 2.03. The van der Waals surface area contributed by atoms with E-state index in [4.69, 9.17) is 10.00 Å². The van der Waals surface area contributed by atoms with E-state index in [0.717, 1.165) is 50.4 Å². The predicted molar refractivity (Wildman–Crippen MR) is 71.1 cm³/mol. The normalized spacial score (nSPS) is 10.3. The molecule has 4 nitrogen and oxygen atoms in total. The average Bonchev–Trinajstić information content (AvgIpc) is 2.42. The van der Waals surface area contributed by atoms with Crippen LogP contribution in [0.15, 0.2) is 12.3 Å². The molecule has 18 heavy (non-hydrogen) atoms. The molecule has 0 aliphatic carbocycles. The number of aromatic nitrogens is 1. The molecule has 0 aliphatic heterocycles. The summed E-state index contributed by atoms with van der Waals surface area (Å²) in [7, 11) is 0. The third kappa shape index (κ3) is 4.82. The van der Waals surface area contributed by atoms with Crippen LogP contribution >= 0.6 is 0 Å². The number of aryl methyl sites for hydroxylation is 1. The number of nitrogens with zero attached hydrogens (tertiary/aromatic N) is 2. The summed E-state index contributed by atoms with van der Waals surface area (Å²) >= 11 is 0. The minimum atomic E-state index is 0.680. The molecule has 0 fully saturated rings. The van der Waals surface area contributed by atoms with Gasteiger partial charge in [0.1, 0.15) is 6.07 Å². The van der Waals surface area contributed by atoms with Crippen molar-refractivity contribution < 1.29 is 4.74 Å². The van der Waals surface area contributed by atoms with Crippen molar-refractivity contribution in [3.63, 3.8) is 0 Å². The SMILES string of the molecule is CCCOCCNCc1cnc(CC)c(C#N)c1. The Morgan fingerprint density at radius 1 is 1.39 bits per heavy atom. The molecular weight excluding hydrogens is 226 g/mol. The quantitative estimate of drug-likeness (QED) is 0.714. The molecule has 1 rings (SSSR count). The number of rotatable bonds is 8. The number of hydrogen-bond acceptors (Lipinski definition) is 4. The Bertz CT molecular complexity index is 399. The topological polar surface area (TPSA) is 57.9 Å². The molecule has 1 N–H and O–H groups in total. The zero-order chi connectivity index (χ0) is 13.2. The van der Waals surface area contributed by atoms with Crippen molar-refractivity contribution in [2.24, 2.45) is 0 Å². The first-order chi connectivity index (χ1) is 8.81. The van der Waals surface area contributed by atoms with Gasteiger partial charge >= 0.3 is 0 Å². The highest BCUT2D eigenvalue weighted by Crippen LogP contribution is 2.08. The van der Waals surface area contributed by atoms with Gasteiger partial charge < -0.3 is 10.1 Å². The van der Waals surface area contributed by atoms with E-state index >= 15 is 0 Å². The van der Waals surface area contributed by atoms with Crippen molar-refractivity contribution in [1.82, 2.24) is 10.3 Å². The lowest BCUT2D eigenvalue weighted by molar-refractivity contribution is 0.136. The Balaban J connectivity index is 2.37. The minimum Gasteiger partial charge on any atom is -0.380 e. The second kappa shape index (κ2) is 8.62. The van der Waals surface area contributed by atoms with E-state index in [1.165, 1.54) is 0 Å². The minimum absolute atomic E-state index is 0.680. The van der Waals surface area contributed by atoms with Crippen LogP contribution in [0.4, 0.5) is 0 Å². The lowest BCUT2D eigenvalue weighted by Gasteiger charge is -2.07. The highest BCUT2D eigenvalue weighted by molar-refractivity contribution is 5.35. The fourth-order valence-corrected chi connectivity index (χ4v) is 1.64. The van der Waals surface area contributed by atoms with Crippen molar-refractivity contribution in [2.75, 3.05) is 19.8 Å². The van der Waals surface area contributed by atoms with Crippen LogP contribution in [0.2, 0.25) is 0 Å². The van der Waals surface area contributed by atoms with Crippen LogP contribution in [0.3, 0.4) is 0 Å². The highest BCUT2D eigenvalue weighted by atomic mass is 16.5. The van der Waals surface area contributed by atoms with Crippen LogP contribution < -0.4 is 5.32 Å². The molecule has 0 radical (unpaired) electrons. The maximum absolute atomic E-state index is 9.01. The van der Waals surface area contributed by atoms with Gasteiger partial charge in [-0.15, -0.1) is 0 Å². The smallest absolute Gasteiger partial charge is 0.101 e. The third-order valence-corrected chi connectivity index (χ3v) is 2.58. The molecule has 1 aromatic rings. The van der Waals surface area contributed by atoms with Gasteiger partial charge in [-0.2, -0.15) is 5.26 Å². The molecule has 0 amide bonds. The molecule has 0 spiro atoms. The second-order valence-corrected chi connectivity index (χ2v) is 4.09. The van der Waals surface area contributed by atoms with Crippen LogP contribution in [-0.2, 0) is 17.7 Å². The van der Waals surface area contributed by atoms with Crippen molar-refractivity contribution in [3.8, 4) is 6.07 Å². The first kappa shape index (κ1) is 14.6. The Morgan fingerprint density at radius 3 is 2.89 bits per heavy atom. The van der Waals surface area contributed by atoms with E-state index in [1.54, 1.807) is 0 Å². The second-order valence-electron chi connectivity index (χ2n) is 4.09. The van der Waals surface area contributed by atoms with Gasteiger partial charge in [-0.05, 0) is 24.5 Å². The van der Waals surface area contributed by atoms with E-state index in [1.807, 2.05) is 19.2 Å². The van der Waals surface area contributed by atoms with E-state index in [9.17, 15) is 0 Å². The summed E-state index contributed by atoms with van der Waals surface area (Å²) in [6.07, 6.45) is 3.68. The number of ether oxygens (including phenoxy) is 1. The molecule has 0 saturated carbocycles. The van der Waals surface area contributed by atoms with Gasteiger partial charge in [0.25, 0.3) is 0 Å². The van der Waals surface area contributed by atoms with Crippen molar-refractivity contribution in [3.05, 3.63) is 29.1 Å². The Labute approximate surface area is 109 Å². The van der Waals surface area contributed by atoms with Crippen molar-refractivity contribution >= 4 is 0 Å². The summed E-state index contributed by atoms with van der Waals surface area (Å²) in [5.41, 5.74) is 2.59. The van der Waals surface area contributed by atoms with Crippen LogP contribution in [-0.4, -0.2) is 24.7 Å². The fraction of sp³-hybridized carbons (Fsp3) is 0.571. The molecule has 0 aromatic carbocycles. The summed E-state index contributed by atoms with van der Waals surface area (Å²) < 4.78 is 5.37. The maximum Gasteiger partial charge on any atom is 0.101 e. The molecule has 98 valence electrons. The molecule has 0 aliphatic rings. The Morgan fingerprint density at radius 2 is 2.22 bits per heavy atom. The summed E-state index contributed by atoms with van der Waals surface area (Å²) in [6, 6.07) is 4.10. The number of nitrogens with one attached hydrogen (secondary N) is 1. The van der Waals surface area contributed by atoms with E-state index in [0.29, 0.717) is 5.56 Å². The number of pyridine rings is 1. The van der Waals surface area contributed by atoms with Gasteiger partial charge in [-0.25, -0.2) is 0 Å². The third-order valence-electron chi connectivity index (χ3n) is 2.58. The van der Waals surface area contributed by atoms with E-state index < -0.39 is 0 Å². The molecule has 4 heteroatoms. The molecule has 0 atom stereocenters. The van der Waals surface area contributed by atoms with Gasteiger partial charge in [-0.1, -0.05) is 13.8 Å². The zero-order valence-electron chi connectivity index (χ0n) is 11.2. The van der Waals surface area contributed by atoms with Crippen molar-refractivity contribution in [1.29, 1.82) is 5.26 Å². The van der Waals surface area contributed by atoms with Gasteiger partial charge in [-0.3, -0.25) is 4.98 Å². The lowest BCUT2D eigenvalue weighted by Crippen LogP contribution is -2.19. The molecule has 1 heterocycles. The van der Waals surface area contributed by atoms with Crippen LogP contribution in [0, 0.1) is 11.3 Å². The standard InChI is InChI=1S/C14H21N3O/c1-3-6-18-7-5-16-10-12-8-13(9-15)14(4-2)17-11-12/h8,11,16H,3-7,10H2,1-2H3. The van der Waals surface area contributed by atoms with Crippen LogP contribution in [0.25, 0.3) is 0 Å². The van der Waals surface area contributed by atoms with E-state index in [-0.39, 0.29) is 0 Å². The van der Waals surface area contributed by atoms with Crippen LogP contribution in [0.5, 0.6) is 0 Å². The summed E-state index contributed by atoms with van der Waals surface area (Å²) in [6.45, 7) is 7.18. The molecule has 0 saturated heterocycles. The first-order valence-electron chi connectivity index (χ1n) is 6.48. The van der Waals surface area contributed by atoms with Crippen LogP contribution in [0.1, 0.15) is 37.1 Å².